The number of carbonyl (C=O) groups is 1. The van der Waals surface area contributed by atoms with Crippen LogP contribution in [-0.2, 0) is 4.79 Å². The average Bonchev–Trinajstić information content (AvgIpc) is 3.32. The normalized spacial score (nSPS) is 14.9. The van der Waals surface area contributed by atoms with E-state index in [2.05, 4.69) is 44.7 Å². The molecule has 1 fully saturated rings. The highest BCUT2D eigenvalue weighted by molar-refractivity contribution is 7.99. The Balaban J connectivity index is 1.15. The van der Waals surface area contributed by atoms with E-state index in [0.29, 0.717) is 22.2 Å². The summed E-state index contributed by atoms with van der Waals surface area (Å²) in [6, 6.07) is 17.7. The Hall–Kier alpha value is -3.26. The van der Waals surface area contributed by atoms with Crippen LogP contribution < -0.4 is 19.7 Å². The molecule has 164 valence electrons. The molecule has 7 nitrogen and oxygen atoms in total. The van der Waals surface area contributed by atoms with Gasteiger partial charge in [-0.05, 0) is 55.7 Å². The number of hydrogen-bond donors (Lipinski definition) is 1. The molecule has 0 aliphatic carbocycles. The number of rotatable bonds is 6. The van der Waals surface area contributed by atoms with Gasteiger partial charge in [0.05, 0.1) is 11.4 Å². The zero-order valence-electron chi connectivity index (χ0n) is 17.6. The van der Waals surface area contributed by atoms with E-state index in [1.807, 2.05) is 12.1 Å². The molecule has 0 atom stereocenters. The van der Waals surface area contributed by atoms with Crippen LogP contribution in [0.4, 0.5) is 11.4 Å². The standard InChI is InChI=1S/C24H24N4O3S/c29-23(25-18-6-10-21-22(14-18)31-16-30-21)15-32-24-11-9-20(26-27-24)17-4-7-19(8-5-17)28-12-2-1-3-13-28/h4-11,14H,1-3,12-13,15-16H2,(H,25,29). The zero-order valence-corrected chi connectivity index (χ0v) is 18.4. The largest absolute Gasteiger partial charge is 0.454 e. The number of piperidine rings is 1. The number of fused-ring (bicyclic) bond motifs is 1. The number of ether oxygens (including phenoxy) is 2. The molecule has 2 aliphatic rings. The van der Waals surface area contributed by atoms with Crippen molar-refractivity contribution in [2.45, 2.75) is 24.3 Å². The molecule has 5 rings (SSSR count). The van der Waals surface area contributed by atoms with Crippen molar-refractivity contribution in [2.75, 3.05) is 35.9 Å². The Kier molecular flexibility index (Phi) is 6.11. The molecule has 1 aromatic heterocycles. The first kappa shape index (κ1) is 20.6. The molecule has 0 saturated carbocycles. The fourth-order valence-electron chi connectivity index (χ4n) is 3.86. The summed E-state index contributed by atoms with van der Waals surface area (Å²) in [6.45, 7) is 2.47. The Morgan fingerprint density at radius 3 is 2.53 bits per heavy atom. The second kappa shape index (κ2) is 9.48. The first-order valence-corrected chi connectivity index (χ1v) is 11.7. The van der Waals surface area contributed by atoms with Gasteiger partial charge in [-0.25, -0.2) is 0 Å². The predicted octanol–water partition coefficient (Wildman–Crippen LogP) is 4.59. The summed E-state index contributed by atoms with van der Waals surface area (Å²) >= 11 is 1.35. The van der Waals surface area contributed by atoms with Crippen LogP contribution in [0, 0.1) is 0 Å². The van der Waals surface area contributed by atoms with Crippen molar-refractivity contribution in [3.63, 3.8) is 0 Å². The van der Waals surface area contributed by atoms with Gasteiger partial charge in [-0.2, -0.15) is 0 Å². The monoisotopic (exact) mass is 448 g/mol. The lowest BCUT2D eigenvalue weighted by Crippen LogP contribution is -2.29. The molecule has 1 amide bonds. The molecule has 1 saturated heterocycles. The van der Waals surface area contributed by atoms with Gasteiger partial charge in [0.1, 0.15) is 5.03 Å². The number of anilines is 2. The van der Waals surface area contributed by atoms with Crippen molar-refractivity contribution in [1.29, 1.82) is 0 Å². The minimum Gasteiger partial charge on any atom is -0.454 e. The van der Waals surface area contributed by atoms with Gasteiger partial charge in [0.15, 0.2) is 11.5 Å². The summed E-state index contributed by atoms with van der Waals surface area (Å²) in [5.41, 5.74) is 3.80. The summed E-state index contributed by atoms with van der Waals surface area (Å²) in [5, 5.41) is 12.2. The first-order chi connectivity index (χ1) is 15.7. The van der Waals surface area contributed by atoms with Gasteiger partial charge >= 0.3 is 0 Å². The number of thioether (sulfide) groups is 1. The summed E-state index contributed by atoms with van der Waals surface area (Å²) in [4.78, 5) is 14.7. The second-order valence-electron chi connectivity index (χ2n) is 7.76. The van der Waals surface area contributed by atoms with Crippen LogP contribution in [0.5, 0.6) is 11.5 Å². The third kappa shape index (κ3) is 4.80. The molecule has 8 heteroatoms. The van der Waals surface area contributed by atoms with Crippen LogP contribution in [-0.4, -0.2) is 41.7 Å². The molecule has 3 aromatic rings. The van der Waals surface area contributed by atoms with E-state index >= 15 is 0 Å². The van der Waals surface area contributed by atoms with Gasteiger partial charge in [-0.15, -0.1) is 10.2 Å². The lowest BCUT2D eigenvalue weighted by atomic mass is 10.1. The molecule has 3 heterocycles. The van der Waals surface area contributed by atoms with Crippen LogP contribution in [0.25, 0.3) is 11.3 Å². The van der Waals surface area contributed by atoms with Crippen molar-refractivity contribution in [3.05, 3.63) is 54.6 Å². The van der Waals surface area contributed by atoms with E-state index in [0.717, 1.165) is 24.3 Å². The van der Waals surface area contributed by atoms with Gasteiger partial charge in [0.2, 0.25) is 12.7 Å². The van der Waals surface area contributed by atoms with Gasteiger partial charge in [0.25, 0.3) is 0 Å². The fourth-order valence-corrected chi connectivity index (χ4v) is 4.47. The number of aromatic nitrogens is 2. The van der Waals surface area contributed by atoms with Gasteiger partial charge in [-0.3, -0.25) is 4.79 Å². The lowest BCUT2D eigenvalue weighted by molar-refractivity contribution is -0.113. The van der Waals surface area contributed by atoms with Crippen molar-refractivity contribution in [2.24, 2.45) is 0 Å². The van der Waals surface area contributed by atoms with Crippen LogP contribution in [0.15, 0.2) is 59.6 Å². The molecule has 1 N–H and O–H groups in total. The zero-order chi connectivity index (χ0) is 21.8. The molecule has 0 bridgehead atoms. The van der Waals surface area contributed by atoms with E-state index in [9.17, 15) is 4.79 Å². The topological polar surface area (TPSA) is 76.6 Å². The van der Waals surface area contributed by atoms with Crippen LogP contribution >= 0.6 is 11.8 Å². The summed E-state index contributed by atoms with van der Waals surface area (Å²) < 4.78 is 10.6. The summed E-state index contributed by atoms with van der Waals surface area (Å²) in [5.74, 6) is 1.45. The number of nitrogens with one attached hydrogen (secondary N) is 1. The lowest BCUT2D eigenvalue weighted by Gasteiger charge is -2.28. The van der Waals surface area contributed by atoms with Crippen LogP contribution in [0.2, 0.25) is 0 Å². The highest BCUT2D eigenvalue weighted by Crippen LogP contribution is 2.34. The smallest absolute Gasteiger partial charge is 0.234 e. The van der Waals surface area contributed by atoms with E-state index in [-0.39, 0.29) is 18.5 Å². The third-order valence-corrected chi connectivity index (χ3v) is 6.45. The van der Waals surface area contributed by atoms with E-state index in [1.54, 1.807) is 18.2 Å². The first-order valence-electron chi connectivity index (χ1n) is 10.8. The molecule has 0 radical (unpaired) electrons. The highest BCUT2D eigenvalue weighted by Gasteiger charge is 2.15. The summed E-state index contributed by atoms with van der Waals surface area (Å²) in [7, 11) is 0. The van der Waals surface area contributed by atoms with Crippen molar-refractivity contribution in [1.82, 2.24) is 10.2 Å². The van der Waals surface area contributed by atoms with Gasteiger partial charge < -0.3 is 19.7 Å². The minimum atomic E-state index is -0.118. The maximum absolute atomic E-state index is 12.3. The third-order valence-electron chi connectivity index (χ3n) is 5.53. The van der Waals surface area contributed by atoms with Crippen molar-refractivity contribution >= 4 is 29.0 Å². The van der Waals surface area contributed by atoms with Crippen molar-refractivity contribution < 1.29 is 14.3 Å². The van der Waals surface area contributed by atoms with Gasteiger partial charge in [-0.1, -0.05) is 23.9 Å². The summed E-state index contributed by atoms with van der Waals surface area (Å²) in [6.07, 6.45) is 3.86. The molecule has 0 spiro atoms. The molecule has 32 heavy (non-hydrogen) atoms. The molecular weight excluding hydrogens is 424 g/mol. The number of nitrogens with zero attached hydrogens (tertiary/aromatic N) is 3. The number of carbonyl (C=O) groups excluding carboxylic acids is 1. The van der Waals surface area contributed by atoms with E-state index < -0.39 is 0 Å². The van der Waals surface area contributed by atoms with E-state index in [1.165, 1.54) is 36.7 Å². The molecule has 2 aromatic carbocycles. The van der Waals surface area contributed by atoms with Crippen LogP contribution in [0.3, 0.4) is 0 Å². The van der Waals surface area contributed by atoms with Crippen molar-refractivity contribution in [3.8, 4) is 22.8 Å². The highest BCUT2D eigenvalue weighted by atomic mass is 32.2. The molecule has 2 aliphatic heterocycles. The Morgan fingerprint density at radius 2 is 1.75 bits per heavy atom. The predicted molar refractivity (Wildman–Crippen MR) is 125 cm³/mol. The minimum absolute atomic E-state index is 0.118. The molecule has 0 unspecified atom stereocenters. The quantitative estimate of drug-likeness (QED) is 0.553. The SMILES string of the molecule is O=C(CSc1ccc(-c2ccc(N3CCCCC3)cc2)nn1)Nc1ccc2c(c1)OCO2. The Morgan fingerprint density at radius 1 is 0.938 bits per heavy atom. The second-order valence-corrected chi connectivity index (χ2v) is 8.75. The van der Waals surface area contributed by atoms with Gasteiger partial charge in [0, 0.05) is 36.1 Å². The maximum atomic E-state index is 12.3. The fraction of sp³-hybridized carbons (Fsp3) is 0.292. The Labute approximate surface area is 191 Å². The Bertz CT molecular complexity index is 1080. The number of hydrogen-bond acceptors (Lipinski definition) is 7. The average molecular weight is 449 g/mol. The van der Waals surface area contributed by atoms with Crippen LogP contribution in [0.1, 0.15) is 19.3 Å². The number of benzene rings is 2. The maximum Gasteiger partial charge on any atom is 0.234 e. The van der Waals surface area contributed by atoms with E-state index in [4.69, 9.17) is 9.47 Å². The molecular formula is C24H24N4O3S. The number of amides is 1.